The monoisotopic (exact) mass is 377 g/mol. The summed E-state index contributed by atoms with van der Waals surface area (Å²) in [5, 5.41) is 3.32. The Morgan fingerprint density at radius 3 is 2.76 bits per heavy atom. The minimum Gasteiger partial charge on any atom is -0.326 e. The van der Waals surface area contributed by atoms with Crippen molar-refractivity contribution < 1.29 is 13.2 Å². The van der Waals surface area contributed by atoms with Crippen LogP contribution in [0.15, 0.2) is 28.7 Å². The normalized spacial score (nSPS) is 22.0. The highest BCUT2D eigenvalue weighted by Crippen LogP contribution is 2.38. The molecule has 1 atom stereocenters. The van der Waals surface area contributed by atoms with E-state index in [1.807, 2.05) is 21.2 Å². The molecule has 0 spiro atoms. The first-order valence-electron chi connectivity index (χ1n) is 4.86. The van der Waals surface area contributed by atoms with Crippen molar-refractivity contribution in [2.24, 2.45) is 11.0 Å². The number of halogens is 4. The minimum atomic E-state index is -4.12. The average Bonchev–Trinajstić information content (AvgIpc) is 2.29. The lowest BCUT2D eigenvalue weighted by Crippen LogP contribution is -2.24. The van der Waals surface area contributed by atoms with Crippen LogP contribution in [-0.2, 0) is 0 Å². The molecule has 0 bridgehead atoms. The number of nitrogens with one attached hydrogen (secondary N) is 2. The van der Waals surface area contributed by atoms with Gasteiger partial charge in [0.25, 0.3) is 0 Å². The van der Waals surface area contributed by atoms with Gasteiger partial charge in [-0.1, -0.05) is 6.08 Å². The predicted octanol–water partition coefficient (Wildman–Crippen LogP) is 4.74. The van der Waals surface area contributed by atoms with Crippen molar-refractivity contribution in [3.8, 4) is 0 Å². The lowest BCUT2D eigenvalue weighted by molar-refractivity contribution is -0.176. The third kappa shape index (κ3) is 4.49. The van der Waals surface area contributed by atoms with Gasteiger partial charge in [0.2, 0.25) is 0 Å². The molecule has 1 aliphatic rings. The van der Waals surface area contributed by atoms with Crippen molar-refractivity contribution in [1.29, 1.82) is 5.53 Å². The van der Waals surface area contributed by atoms with Crippen LogP contribution in [0, 0.1) is 11.4 Å². The maximum Gasteiger partial charge on any atom is 0.392 e. The maximum absolute atomic E-state index is 12.4. The van der Waals surface area contributed by atoms with Crippen molar-refractivity contribution >= 4 is 30.3 Å². The smallest absolute Gasteiger partial charge is 0.326 e. The molecule has 0 aromatic heterocycles. The number of rotatable bonds is 4. The van der Waals surface area contributed by atoms with Crippen molar-refractivity contribution in [2.45, 2.75) is 25.4 Å². The van der Waals surface area contributed by atoms with E-state index in [4.69, 9.17) is 5.53 Å². The quantitative estimate of drug-likeness (QED) is 0.423. The number of nitrogens with zero attached hydrogens (tertiary/aromatic N) is 1. The van der Waals surface area contributed by atoms with Crippen molar-refractivity contribution in [2.75, 3.05) is 0 Å². The molecule has 3 nitrogen and oxygen atoms in total. The van der Waals surface area contributed by atoms with E-state index >= 15 is 0 Å². The fourth-order valence-electron chi connectivity index (χ4n) is 1.64. The summed E-state index contributed by atoms with van der Waals surface area (Å²) in [6.45, 7) is 0. The van der Waals surface area contributed by atoms with Gasteiger partial charge in [-0.05, 0) is 24.8 Å². The predicted molar refractivity (Wildman–Crippen MR) is 69.5 cm³/mol. The molecule has 2 N–H and O–H groups in total. The van der Waals surface area contributed by atoms with Crippen LogP contribution in [0.3, 0.4) is 0 Å². The summed E-state index contributed by atoms with van der Waals surface area (Å²) in [7, 11) is 1.31. The molecule has 17 heavy (non-hydrogen) atoms. The topological polar surface area (TPSA) is 48.2 Å². The van der Waals surface area contributed by atoms with Gasteiger partial charge in [0, 0.05) is 36.5 Å². The Kier molecular flexibility index (Phi) is 5.77. The highest BCUT2D eigenvalue weighted by Gasteiger charge is 2.39. The second kappa shape index (κ2) is 6.62. The molecule has 1 rings (SSSR count). The van der Waals surface area contributed by atoms with Crippen molar-refractivity contribution in [1.82, 2.24) is 4.72 Å². The number of hydrogen-bond acceptors (Lipinski definition) is 4. The molecule has 8 heteroatoms. The van der Waals surface area contributed by atoms with Gasteiger partial charge in [0.05, 0.1) is 5.92 Å². The van der Waals surface area contributed by atoms with Gasteiger partial charge < -0.3 is 4.72 Å². The Morgan fingerprint density at radius 1 is 1.65 bits per heavy atom. The summed E-state index contributed by atoms with van der Waals surface area (Å²) in [6, 6.07) is 0. The summed E-state index contributed by atoms with van der Waals surface area (Å²) in [5.41, 5.74) is 8.09. The van der Waals surface area contributed by atoms with Gasteiger partial charge >= 0.3 is 6.18 Å². The first-order valence-corrected chi connectivity index (χ1v) is 8.21. The largest absolute Gasteiger partial charge is 0.392 e. The third-order valence-electron chi connectivity index (χ3n) is 2.56. The van der Waals surface area contributed by atoms with Gasteiger partial charge in [-0.15, -0.1) is 0 Å². The molecule has 0 saturated carbocycles. The second-order valence-corrected chi connectivity index (χ2v) is 5.29. The van der Waals surface area contributed by atoms with E-state index in [2.05, 4.69) is 9.84 Å². The van der Waals surface area contributed by atoms with E-state index in [-0.39, 0.29) is 12.8 Å². The van der Waals surface area contributed by atoms with Gasteiger partial charge in [-0.2, -0.15) is 18.3 Å². The molecule has 0 aromatic rings. The first-order chi connectivity index (χ1) is 7.99. The van der Waals surface area contributed by atoms with E-state index in [0.717, 1.165) is 0 Å². The molecule has 1 aliphatic carbocycles. The van der Waals surface area contributed by atoms with Crippen LogP contribution in [0.4, 0.5) is 13.2 Å². The van der Waals surface area contributed by atoms with Crippen LogP contribution in [0.1, 0.15) is 19.3 Å². The SMILES string of the molecule is N=N/C(=C\NSI)C1=CCC(C(F)(F)F)CC1. The number of hydrogen-bond donors (Lipinski definition) is 2. The number of alkyl halides is 3. The lowest BCUT2D eigenvalue weighted by Gasteiger charge is -2.23. The Hall–Kier alpha value is -0.250. The molecular formula is C9H11F3IN3S. The van der Waals surface area contributed by atoms with E-state index in [1.54, 1.807) is 0 Å². The van der Waals surface area contributed by atoms with Crippen LogP contribution in [0.2, 0.25) is 0 Å². The van der Waals surface area contributed by atoms with Gasteiger partial charge in [-0.25, -0.2) is 5.53 Å². The standard InChI is InChI=1S/C9H11F3IN3S/c10-9(11,12)7-3-1-6(2-4-7)8(16-14)5-15-17-13/h1,5,7,14-15H,2-4H2/b8-5-,16-14?. The van der Waals surface area contributed by atoms with Gasteiger partial charge in [0.15, 0.2) is 0 Å². The molecule has 0 saturated heterocycles. The third-order valence-corrected chi connectivity index (χ3v) is 3.53. The van der Waals surface area contributed by atoms with E-state index in [9.17, 15) is 13.2 Å². The average molecular weight is 377 g/mol. The minimum absolute atomic E-state index is 0.0247. The van der Waals surface area contributed by atoms with Crippen LogP contribution in [0.25, 0.3) is 0 Å². The van der Waals surface area contributed by atoms with E-state index < -0.39 is 12.1 Å². The zero-order valence-corrected chi connectivity index (χ0v) is 11.7. The molecule has 1 unspecified atom stereocenters. The van der Waals surface area contributed by atoms with E-state index in [1.165, 1.54) is 21.4 Å². The zero-order valence-electron chi connectivity index (χ0n) is 8.72. The molecule has 0 fully saturated rings. The molecule has 0 aliphatic heterocycles. The highest BCUT2D eigenvalue weighted by molar-refractivity contribution is 14.2. The second-order valence-electron chi connectivity index (χ2n) is 3.58. The van der Waals surface area contributed by atoms with Gasteiger partial charge in [-0.3, -0.25) is 0 Å². The fraction of sp³-hybridized carbons (Fsp3) is 0.556. The molecule has 0 radical (unpaired) electrons. The van der Waals surface area contributed by atoms with Crippen LogP contribution < -0.4 is 4.72 Å². The van der Waals surface area contributed by atoms with E-state index in [0.29, 0.717) is 17.7 Å². The summed E-state index contributed by atoms with van der Waals surface area (Å²) in [6.07, 6.45) is -0.704. The van der Waals surface area contributed by atoms with Crippen LogP contribution >= 0.6 is 30.3 Å². The Labute approximate surface area is 114 Å². The summed E-state index contributed by atoms with van der Waals surface area (Å²) in [5.74, 6) is -1.26. The highest BCUT2D eigenvalue weighted by atomic mass is 127. The Bertz CT molecular complexity index is 341. The molecule has 0 aromatic carbocycles. The molecule has 0 amide bonds. The van der Waals surface area contributed by atoms with Crippen LogP contribution in [-0.4, -0.2) is 6.18 Å². The zero-order chi connectivity index (χ0) is 12.9. The van der Waals surface area contributed by atoms with Crippen molar-refractivity contribution in [3.05, 3.63) is 23.5 Å². The summed E-state index contributed by atoms with van der Waals surface area (Å²) >= 11 is 2.01. The lowest BCUT2D eigenvalue weighted by atomic mass is 9.88. The molecular weight excluding hydrogens is 366 g/mol. The summed E-state index contributed by atoms with van der Waals surface area (Å²) < 4.78 is 40.1. The first kappa shape index (κ1) is 14.8. The van der Waals surface area contributed by atoms with Crippen LogP contribution in [0.5, 0.6) is 0 Å². The molecule has 0 heterocycles. The van der Waals surface area contributed by atoms with Crippen molar-refractivity contribution in [3.63, 3.8) is 0 Å². The Morgan fingerprint density at radius 2 is 2.35 bits per heavy atom. The van der Waals surface area contributed by atoms with Gasteiger partial charge in [0.1, 0.15) is 5.70 Å². The maximum atomic E-state index is 12.4. The Balaban J connectivity index is 2.70. The molecule has 96 valence electrons. The number of allylic oxidation sites excluding steroid dienone is 2. The summed E-state index contributed by atoms with van der Waals surface area (Å²) in [4.78, 5) is 0. The fourth-order valence-corrected chi connectivity index (χ4v) is 2.18.